The second kappa shape index (κ2) is 8.64. The molecule has 0 amide bonds. The Morgan fingerprint density at radius 2 is 1.43 bits per heavy atom. The molecular formula is C17H18O4. The third-order valence-electron chi connectivity index (χ3n) is 2.76. The van der Waals surface area contributed by atoms with Crippen molar-refractivity contribution in [3.8, 4) is 11.5 Å². The van der Waals surface area contributed by atoms with Crippen LogP contribution >= 0.6 is 0 Å². The topological polar surface area (TPSA) is 44.8 Å². The molecule has 0 N–H and O–H groups in total. The predicted octanol–water partition coefficient (Wildman–Crippen LogP) is 3.77. The van der Waals surface area contributed by atoms with Crippen LogP contribution in [0.25, 0.3) is 0 Å². The van der Waals surface area contributed by atoms with Crippen molar-refractivity contribution in [2.24, 2.45) is 0 Å². The lowest BCUT2D eigenvalue weighted by molar-refractivity contribution is -0.213. The minimum Gasteiger partial charge on any atom is -0.494 e. The zero-order chi connectivity index (χ0) is 14.8. The van der Waals surface area contributed by atoms with Crippen LogP contribution in [0.2, 0.25) is 0 Å². The van der Waals surface area contributed by atoms with Gasteiger partial charge >= 0.3 is 5.97 Å². The predicted molar refractivity (Wildman–Crippen MR) is 79.0 cm³/mol. The second-order valence-electron chi connectivity index (χ2n) is 4.47. The molecular weight excluding hydrogens is 268 g/mol. The monoisotopic (exact) mass is 286 g/mol. The van der Waals surface area contributed by atoms with Gasteiger partial charge in [-0.3, -0.25) is 9.78 Å². The van der Waals surface area contributed by atoms with Crippen LogP contribution in [0, 0.1) is 0 Å². The summed E-state index contributed by atoms with van der Waals surface area (Å²) >= 11 is 0. The minimum atomic E-state index is -0.376. The first kappa shape index (κ1) is 14.9. The van der Waals surface area contributed by atoms with E-state index in [1.54, 1.807) is 12.1 Å². The van der Waals surface area contributed by atoms with E-state index in [0.29, 0.717) is 25.2 Å². The minimum absolute atomic E-state index is 0.310. The molecule has 4 heteroatoms. The third kappa shape index (κ3) is 5.99. The highest BCUT2D eigenvalue weighted by Crippen LogP contribution is 2.11. The Morgan fingerprint density at radius 3 is 2.10 bits per heavy atom. The molecule has 110 valence electrons. The van der Waals surface area contributed by atoms with Crippen LogP contribution in [0.3, 0.4) is 0 Å². The van der Waals surface area contributed by atoms with Gasteiger partial charge in [-0.25, -0.2) is 4.79 Å². The highest BCUT2D eigenvalue weighted by atomic mass is 17.2. The van der Waals surface area contributed by atoms with E-state index < -0.39 is 0 Å². The maximum atomic E-state index is 11.5. The van der Waals surface area contributed by atoms with Crippen LogP contribution in [0.15, 0.2) is 60.7 Å². The van der Waals surface area contributed by atoms with Gasteiger partial charge in [-0.1, -0.05) is 36.4 Å². The molecule has 0 unspecified atom stereocenters. The summed E-state index contributed by atoms with van der Waals surface area (Å²) in [4.78, 5) is 21.1. The van der Waals surface area contributed by atoms with E-state index >= 15 is 0 Å². The van der Waals surface area contributed by atoms with E-state index in [1.165, 1.54) is 0 Å². The summed E-state index contributed by atoms with van der Waals surface area (Å²) in [5.41, 5.74) is 0. The molecule has 0 saturated heterocycles. The number of carbonyl (C=O) groups is 1. The molecule has 0 atom stereocenters. The molecule has 2 rings (SSSR count). The fourth-order valence-electron chi connectivity index (χ4n) is 1.69. The number of unbranched alkanes of at least 4 members (excludes halogenated alkanes) is 1. The summed E-state index contributed by atoms with van der Waals surface area (Å²) in [7, 11) is 0. The molecule has 0 spiro atoms. The Labute approximate surface area is 124 Å². The average Bonchev–Trinajstić information content (AvgIpc) is 2.54. The molecule has 0 aliphatic rings. The molecule has 0 bridgehead atoms. The average molecular weight is 286 g/mol. The van der Waals surface area contributed by atoms with Crippen molar-refractivity contribution in [3.63, 3.8) is 0 Å². The van der Waals surface area contributed by atoms with Crippen LogP contribution in [-0.4, -0.2) is 12.6 Å². The standard InChI is InChI=1S/C17H18O4/c18-17(21-20-16-11-5-2-6-12-16)13-7-8-14-19-15-9-3-1-4-10-15/h1-6,9-12H,7-8,13-14H2. The van der Waals surface area contributed by atoms with Gasteiger partial charge < -0.3 is 4.74 Å². The van der Waals surface area contributed by atoms with Crippen molar-refractivity contribution in [2.75, 3.05) is 6.61 Å². The van der Waals surface area contributed by atoms with Crippen molar-refractivity contribution in [1.29, 1.82) is 0 Å². The third-order valence-corrected chi connectivity index (χ3v) is 2.76. The highest BCUT2D eigenvalue weighted by molar-refractivity contribution is 5.68. The number of para-hydroxylation sites is 2. The Hall–Kier alpha value is -2.49. The van der Waals surface area contributed by atoms with Gasteiger partial charge in [0.05, 0.1) is 13.0 Å². The van der Waals surface area contributed by atoms with Crippen LogP contribution in [0.4, 0.5) is 0 Å². The Morgan fingerprint density at radius 1 is 0.810 bits per heavy atom. The quantitative estimate of drug-likeness (QED) is 0.421. The lowest BCUT2D eigenvalue weighted by Crippen LogP contribution is -2.08. The summed E-state index contributed by atoms with van der Waals surface area (Å²) in [6, 6.07) is 18.5. The first-order valence-corrected chi connectivity index (χ1v) is 6.95. The van der Waals surface area contributed by atoms with Gasteiger partial charge in [0, 0.05) is 0 Å². The molecule has 4 nitrogen and oxygen atoms in total. The first-order chi connectivity index (χ1) is 10.3. The van der Waals surface area contributed by atoms with Crippen molar-refractivity contribution in [2.45, 2.75) is 19.3 Å². The van der Waals surface area contributed by atoms with Gasteiger partial charge in [0.15, 0.2) is 5.75 Å². The maximum Gasteiger partial charge on any atom is 0.355 e. The zero-order valence-electron chi connectivity index (χ0n) is 11.7. The molecule has 21 heavy (non-hydrogen) atoms. The Balaban J connectivity index is 1.53. The van der Waals surface area contributed by atoms with Crippen molar-refractivity contribution in [1.82, 2.24) is 0 Å². The highest BCUT2D eigenvalue weighted by Gasteiger charge is 2.05. The van der Waals surface area contributed by atoms with Crippen LogP contribution in [-0.2, 0) is 9.68 Å². The molecule has 2 aromatic rings. The number of carbonyl (C=O) groups excluding carboxylic acids is 1. The van der Waals surface area contributed by atoms with Crippen molar-refractivity contribution in [3.05, 3.63) is 60.7 Å². The fraction of sp³-hybridized carbons (Fsp3) is 0.235. The number of rotatable bonds is 8. The maximum absolute atomic E-state index is 11.5. The van der Waals surface area contributed by atoms with E-state index in [4.69, 9.17) is 14.5 Å². The van der Waals surface area contributed by atoms with E-state index in [-0.39, 0.29) is 5.97 Å². The molecule has 0 heterocycles. The van der Waals surface area contributed by atoms with Crippen molar-refractivity contribution < 1.29 is 19.3 Å². The van der Waals surface area contributed by atoms with Gasteiger partial charge in [-0.2, -0.15) is 0 Å². The molecule has 2 aromatic carbocycles. The van der Waals surface area contributed by atoms with E-state index in [9.17, 15) is 4.79 Å². The van der Waals surface area contributed by atoms with Gasteiger partial charge in [0.2, 0.25) is 0 Å². The van der Waals surface area contributed by atoms with Crippen LogP contribution in [0.1, 0.15) is 19.3 Å². The molecule has 0 aliphatic heterocycles. The Bertz CT molecular complexity index is 525. The van der Waals surface area contributed by atoms with E-state index in [1.807, 2.05) is 48.5 Å². The van der Waals surface area contributed by atoms with Crippen LogP contribution < -0.4 is 9.62 Å². The number of hydrogen-bond acceptors (Lipinski definition) is 4. The molecule has 0 saturated carbocycles. The molecule has 0 aliphatic carbocycles. The summed E-state index contributed by atoms with van der Waals surface area (Å²) in [6.07, 6.45) is 1.80. The van der Waals surface area contributed by atoms with Gasteiger partial charge in [0.1, 0.15) is 5.75 Å². The summed E-state index contributed by atoms with van der Waals surface area (Å²) in [6.45, 7) is 0.580. The van der Waals surface area contributed by atoms with Crippen LogP contribution in [0.5, 0.6) is 11.5 Å². The largest absolute Gasteiger partial charge is 0.494 e. The Kier molecular flexibility index (Phi) is 6.13. The lowest BCUT2D eigenvalue weighted by Gasteiger charge is -2.06. The number of ether oxygens (including phenoxy) is 1. The molecule has 0 fully saturated rings. The number of benzene rings is 2. The summed E-state index contributed by atoms with van der Waals surface area (Å²) in [5.74, 6) is 0.976. The van der Waals surface area contributed by atoms with E-state index in [0.717, 1.165) is 12.2 Å². The van der Waals surface area contributed by atoms with Crippen molar-refractivity contribution >= 4 is 5.97 Å². The fourth-order valence-corrected chi connectivity index (χ4v) is 1.69. The summed E-state index contributed by atoms with van der Waals surface area (Å²) < 4.78 is 5.53. The normalized spacial score (nSPS) is 9.90. The SMILES string of the molecule is O=C(CCCCOc1ccccc1)OOc1ccccc1. The summed E-state index contributed by atoms with van der Waals surface area (Å²) in [5, 5.41) is 0. The van der Waals surface area contributed by atoms with Gasteiger partial charge in [-0.05, 0) is 37.1 Å². The second-order valence-corrected chi connectivity index (χ2v) is 4.47. The smallest absolute Gasteiger partial charge is 0.355 e. The van der Waals surface area contributed by atoms with E-state index in [2.05, 4.69) is 0 Å². The molecule has 0 radical (unpaired) electrons. The van der Waals surface area contributed by atoms with Gasteiger partial charge in [-0.15, -0.1) is 0 Å². The molecule has 0 aromatic heterocycles. The number of hydrogen-bond donors (Lipinski definition) is 0. The zero-order valence-corrected chi connectivity index (χ0v) is 11.7. The lowest BCUT2D eigenvalue weighted by atomic mass is 10.2. The first-order valence-electron chi connectivity index (χ1n) is 6.95. The van der Waals surface area contributed by atoms with Gasteiger partial charge in [0.25, 0.3) is 0 Å².